The molecule has 0 amide bonds. The van der Waals surface area contributed by atoms with E-state index in [1.54, 1.807) is 21.3 Å². The van der Waals surface area contributed by atoms with Crippen molar-refractivity contribution in [2.75, 3.05) is 64.3 Å². The van der Waals surface area contributed by atoms with Crippen molar-refractivity contribution < 1.29 is 14.2 Å². The smallest absolute Gasteiger partial charge is 0.203 e. The minimum atomic E-state index is 0.612. The predicted octanol–water partition coefficient (Wildman–Crippen LogP) is 4.08. The molecule has 1 N–H and O–H groups in total. The molecule has 7 heteroatoms. The molecule has 4 rings (SSSR count). The largest absolute Gasteiger partial charge is 0.493 e. The van der Waals surface area contributed by atoms with E-state index in [2.05, 4.69) is 56.5 Å². The van der Waals surface area contributed by atoms with Gasteiger partial charge in [0.05, 0.1) is 32.7 Å². The first-order valence-electron chi connectivity index (χ1n) is 11.7. The molecular weight excluding hydrogens is 428 g/mol. The fraction of sp³-hybridized carbons (Fsp3) is 0.370. The van der Waals surface area contributed by atoms with Crippen LogP contribution in [0.15, 0.2) is 60.9 Å². The van der Waals surface area contributed by atoms with Crippen LogP contribution in [-0.4, -0.2) is 63.9 Å². The van der Waals surface area contributed by atoms with Crippen molar-refractivity contribution in [1.82, 2.24) is 9.88 Å². The number of piperazine rings is 1. The average Bonchev–Trinajstić information content (AvgIpc) is 2.91. The van der Waals surface area contributed by atoms with E-state index in [1.807, 2.05) is 24.5 Å². The number of hydrogen-bond acceptors (Lipinski definition) is 7. The van der Waals surface area contributed by atoms with Gasteiger partial charge in [0.2, 0.25) is 5.75 Å². The van der Waals surface area contributed by atoms with Crippen LogP contribution in [-0.2, 0) is 13.0 Å². The Bertz CT molecular complexity index is 1050. The predicted molar refractivity (Wildman–Crippen MR) is 136 cm³/mol. The third kappa shape index (κ3) is 5.54. The van der Waals surface area contributed by atoms with E-state index < -0.39 is 0 Å². The van der Waals surface area contributed by atoms with Crippen LogP contribution in [0.3, 0.4) is 0 Å². The Morgan fingerprint density at radius 3 is 2.26 bits per heavy atom. The number of nitrogens with zero attached hydrogens (tertiary/aromatic N) is 3. The van der Waals surface area contributed by atoms with Crippen LogP contribution in [0, 0.1) is 0 Å². The number of hydrogen-bond donors (Lipinski definition) is 1. The lowest BCUT2D eigenvalue weighted by Crippen LogP contribution is -2.47. The Labute approximate surface area is 202 Å². The van der Waals surface area contributed by atoms with Gasteiger partial charge in [0, 0.05) is 57.2 Å². The molecule has 0 unspecified atom stereocenters. The number of methoxy groups -OCH3 is 3. The van der Waals surface area contributed by atoms with Gasteiger partial charge >= 0.3 is 0 Å². The molecule has 1 saturated heterocycles. The van der Waals surface area contributed by atoms with E-state index in [0.717, 1.165) is 50.4 Å². The lowest BCUT2D eigenvalue weighted by molar-refractivity contribution is 0.261. The third-order valence-corrected chi connectivity index (χ3v) is 6.34. The summed E-state index contributed by atoms with van der Waals surface area (Å²) in [6.45, 7) is 5.83. The fourth-order valence-corrected chi connectivity index (χ4v) is 4.44. The lowest BCUT2D eigenvalue weighted by atomic mass is 10.1. The zero-order valence-electron chi connectivity index (χ0n) is 20.3. The van der Waals surface area contributed by atoms with Crippen LogP contribution in [0.5, 0.6) is 17.2 Å². The summed E-state index contributed by atoms with van der Waals surface area (Å²) in [5.74, 6) is 1.96. The Kier molecular flexibility index (Phi) is 8.09. The maximum atomic E-state index is 5.65. The molecule has 7 nitrogen and oxygen atoms in total. The highest BCUT2D eigenvalue weighted by molar-refractivity contribution is 5.70. The quantitative estimate of drug-likeness (QED) is 0.487. The van der Waals surface area contributed by atoms with E-state index in [1.165, 1.54) is 11.3 Å². The molecule has 1 aliphatic rings. The highest BCUT2D eigenvalue weighted by Crippen LogP contribution is 2.40. The van der Waals surface area contributed by atoms with Gasteiger partial charge in [-0.15, -0.1) is 0 Å². The van der Waals surface area contributed by atoms with Crippen LogP contribution in [0.4, 0.5) is 11.4 Å². The Morgan fingerprint density at radius 1 is 0.824 bits per heavy atom. The molecule has 1 aliphatic heterocycles. The van der Waals surface area contributed by atoms with Crippen LogP contribution < -0.4 is 24.4 Å². The molecule has 180 valence electrons. The Hall–Kier alpha value is -3.45. The van der Waals surface area contributed by atoms with E-state index in [-0.39, 0.29) is 0 Å². The zero-order valence-corrected chi connectivity index (χ0v) is 20.3. The molecule has 0 atom stereocenters. The highest BCUT2D eigenvalue weighted by atomic mass is 16.5. The van der Waals surface area contributed by atoms with Gasteiger partial charge in [0.15, 0.2) is 11.5 Å². The van der Waals surface area contributed by atoms with Crippen LogP contribution in [0.25, 0.3) is 0 Å². The minimum absolute atomic E-state index is 0.612. The van der Waals surface area contributed by atoms with Gasteiger partial charge in [-0.05, 0) is 48.4 Å². The van der Waals surface area contributed by atoms with Crippen molar-refractivity contribution in [1.29, 1.82) is 0 Å². The van der Waals surface area contributed by atoms with Crippen molar-refractivity contribution >= 4 is 11.4 Å². The van der Waals surface area contributed by atoms with Crippen LogP contribution in [0.2, 0.25) is 0 Å². The second-order valence-electron chi connectivity index (χ2n) is 8.30. The van der Waals surface area contributed by atoms with E-state index in [4.69, 9.17) is 14.2 Å². The maximum Gasteiger partial charge on any atom is 0.203 e. The number of para-hydroxylation sites is 2. The molecule has 0 spiro atoms. The van der Waals surface area contributed by atoms with Crippen molar-refractivity contribution in [2.45, 2.75) is 13.0 Å². The summed E-state index contributed by atoms with van der Waals surface area (Å²) in [5.41, 5.74) is 4.70. The monoisotopic (exact) mass is 462 g/mol. The topological polar surface area (TPSA) is 59.1 Å². The van der Waals surface area contributed by atoms with Gasteiger partial charge in [-0.25, -0.2) is 0 Å². The van der Waals surface area contributed by atoms with Crippen molar-refractivity contribution in [3.05, 3.63) is 72.1 Å². The number of aromatic nitrogens is 1. The highest BCUT2D eigenvalue weighted by Gasteiger charge is 2.20. The molecule has 0 aliphatic carbocycles. The zero-order chi connectivity index (χ0) is 23.8. The number of rotatable bonds is 10. The standard InChI is InChI=1S/C27H34N4O3/c1-32-25-9-8-22(26(33-2)27(25)34-3)20-29-23-6-4-5-7-24(23)31-18-16-30(17-19-31)15-12-21-10-13-28-14-11-21/h4-11,13-14,29H,12,15-20H2,1-3H3. The number of pyridine rings is 1. The Morgan fingerprint density at radius 2 is 1.56 bits per heavy atom. The minimum Gasteiger partial charge on any atom is -0.493 e. The van der Waals surface area contributed by atoms with Gasteiger partial charge in [-0.2, -0.15) is 0 Å². The average molecular weight is 463 g/mol. The van der Waals surface area contributed by atoms with Crippen LogP contribution in [0.1, 0.15) is 11.1 Å². The Balaban J connectivity index is 1.38. The molecular formula is C27H34N4O3. The summed E-state index contributed by atoms with van der Waals surface area (Å²) < 4.78 is 16.6. The van der Waals surface area contributed by atoms with Crippen molar-refractivity contribution in [3.63, 3.8) is 0 Å². The first-order chi connectivity index (χ1) is 16.7. The summed E-state index contributed by atoms with van der Waals surface area (Å²) in [6.07, 6.45) is 4.80. The lowest BCUT2D eigenvalue weighted by Gasteiger charge is -2.37. The first-order valence-corrected chi connectivity index (χ1v) is 11.7. The van der Waals surface area contributed by atoms with Gasteiger partial charge in [-0.1, -0.05) is 12.1 Å². The van der Waals surface area contributed by atoms with Crippen molar-refractivity contribution in [2.24, 2.45) is 0 Å². The number of benzene rings is 2. The third-order valence-electron chi connectivity index (χ3n) is 6.34. The molecule has 2 heterocycles. The number of anilines is 2. The van der Waals surface area contributed by atoms with Gasteiger partial charge in [0.25, 0.3) is 0 Å². The van der Waals surface area contributed by atoms with Gasteiger partial charge in [-0.3, -0.25) is 9.88 Å². The number of ether oxygens (including phenoxy) is 3. The maximum absolute atomic E-state index is 5.65. The molecule has 0 saturated carbocycles. The molecule has 0 radical (unpaired) electrons. The normalized spacial score (nSPS) is 14.0. The number of nitrogens with one attached hydrogen (secondary N) is 1. The fourth-order valence-electron chi connectivity index (χ4n) is 4.44. The van der Waals surface area contributed by atoms with E-state index in [0.29, 0.717) is 23.8 Å². The molecule has 34 heavy (non-hydrogen) atoms. The summed E-state index contributed by atoms with van der Waals surface area (Å²) in [7, 11) is 4.91. The van der Waals surface area contributed by atoms with Gasteiger partial charge < -0.3 is 24.4 Å². The first kappa shape index (κ1) is 23.7. The molecule has 3 aromatic rings. The molecule has 0 bridgehead atoms. The van der Waals surface area contributed by atoms with E-state index >= 15 is 0 Å². The SMILES string of the molecule is COc1ccc(CNc2ccccc2N2CCN(CCc3ccncc3)CC2)c(OC)c1OC. The second kappa shape index (κ2) is 11.6. The second-order valence-corrected chi connectivity index (χ2v) is 8.30. The summed E-state index contributed by atoms with van der Waals surface area (Å²) in [6, 6.07) is 16.6. The molecule has 2 aromatic carbocycles. The molecule has 1 fully saturated rings. The summed E-state index contributed by atoms with van der Waals surface area (Å²) >= 11 is 0. The summed E-state index contributed by atoms with van der Waals surface area (Å²) in [5, 5.41) is 3.61. The van der Waals surface area contributed by atoms with Gasteiger partial charge in [0.1, 0.15) is 0 Å². The van der Waals surface area contributed by atoms with Crippen LogP contribution >= 0.6 is 0 Å². The van der Waals surface area contributed by atoms with E-state index in [9.17, 15) is 0 Å². The van der Waals surface area contributed by atoms with Crippen molar-refractivity contribution in [3.8, 4) is 17.2 Å². The molecule has 1 aromatic heterocycles. The summed E-state index contributed by atoms with van der Waals surface area (Å²) in [4.78, 5) is 9.12.